The predicted molar refractivity (Wildman–Crippen MR) is 284 cm³/mol. The quantitative estimate of drug-likeness (QED) is 0.0364. The van der Waals surface area contributed by atoms with Gasteiger partial charge in [0.15, 0.2) is 18.7 Å². The number of rotatable bonds is 31. The van der Waals surface area contributed by atoms with E-state index < -0.39 is 91.7 Å². The molecule has 3 fully saturated rings. The molecule has 0 bridgehead atoms. The number of carbonyl (C=O) groups excluding carboxylic acids is 2. The lowest BCUT2D eigenvalue weighted by Crippen LogP contribution is -2.66. The Morgan fingerprint density at radius 2 is 0.910 bits per heavy atom. The molecule has 78 heavy (non-hydrogen) atoms. The third-order valence-corrected chi connectivity index (χ3v) is 14.4. The number of methoxy groups -OCH3 is 6. The minimum atomic E-state index is -1.30. The Kier molecular flexibility index (Phi) is 25.4. The fraction of sp³-hybridized carbons (Fsp3) is 0.567. The van der Waals surface area contributed by atoms with E-state index in [4.69, 9.17) is 75.8 Å². The number of benzene rings is 4. The van der Waals surface area contributed by atoms with Gasteiger partial charge in [0.2, 0.25) is 0 Å². The van der Waals surface area contributed by atoms with Crippen molar-refractivity contribution < 1.29 is 85.4 Å². The molecule has 3 aliphatic rings. The average molecular weight is 1090 g/mol. The Labute approximate surface area is 459 Å². The van der Waals surface area contributed by atoms with Gasteiger partial charge in [-0.2, -0.15) is 0 Å². The molecule has 3 aliphatic heterocycles. The van der Waals surface area contributed by atoms with Crippen LogP contribution in [0.5, 0.6) is 0 Å². The summed E-state index contributed by atoms with van der Waals surface area (Å²) in [5.41, 5.74) is 3.91. The lowest BCUT2D eigenvalue weighted by atomic mass is 9.85. The standard InChI is InChI=1S/C60H80O18/c1-40(61)71-39-48-51(64-3)53(66-5)56(67-6)60(77-48)78-54-52(65-4)50(63-2)46(75-55(54)58(62)74-37-44-28-18-11-19-29-44)31-21-33-69-32-20-30-45-47(38-70-34-41-22-12-8-13-23-41)76-59(68-7)57(73-36-43-26-16-10-17-27-43)49(45)72-35-42-24-14-9-15-25-42/h8-19,22-29,45-57,59-60H,20-21,30-39H2,1-7H3/t45-,46+,47?,48?,49?,50?,51-,52?,53?,54-,55?,56?,57?,59+,60+/m1/s1. The first-order valence-electron chi connectivity index (χ1n) is 26.8. The first kappa shape index (κ1) is 60.9. The third-order valence-electron chi connectivity index (χ3n) is 14.4. The molecule has 15 atom stereocenters. The number of hydrogen-bond donors (Lipinski definition) is 0. The van der Waals surface area contributed by atoms with Crippen molar-refractivity contribution in [1.82, 2.24) is 0 Å². The Hall–Kier alpha value is -4.74. The molecule has 3 saturated heterocycles. The van der Waals surface area contributed by atoms with E-state index >= 15 is 0 Å². The van der Waals surface area contributed by atoms with Crippen LogP contribution in [0.2, 0.25) is 0 Å². The van der Waals surface area contributed by atoms with E-state index in [9.17, 15) is 9.59 Å². The molecular formula is C60H80O18. The van der Waals surface area contributed by atoms with Crippen LogP contribution >= 0.6 is 0 Å². The van der Waals surface area contributed by atoms with E-state index in [0.717, 1.165) is 22.3 Å². The minimum Gasteiger partial charge on any atom is -0.463 e. The van der Waals surface area contributed by atoms with Gasteiger partial charge in [-0.3, -0.25) is 4.79 Å². The van der Waals surface area contributed by atoms with E-state index in [0.29, 0.717) is 65.3 Å². The molecule has 0 amide bonds. The Morgan fingerprint density at radius 3 is 1.45 bits per heavy atom. The first-order chi connectivity index (χ1) is 38.2. The molecule has 7 rings (SSSR count). The van der Waals surface area contributed by atoms with E-state index in [1.807, 2.05) is 121 Å². The molecule has 4 aromatic rings. The highest BCUT2D eigenvalue weighted by Gasteiger charge is 2.55. The Bertz CT molecular complexity index is 2280. The molecule has 0 spiro atoms. The molecule has 0 radical (unpaired) electrons. The van der Waals surface area contributed by atoms with Crippen molar-refractivity contribution in [3.63, 3.8) is 0 Å². The second-order valence-corrected chi connectivity index (χ2v) is 19.5. The van der Waals surface area contributed by atoms with Crippen LogP contribution in [0.3, 0.4) is 0 Å². The van der Waals surface area contributed by atoms with Crippen molar-refractivity contribution in [2.24, 2.45) is 5.92 Å². The monoisotopic (exact) mass is 1090 g/mol. The summed E-state index contributed by atoms with van der Waals surface area (Å²) in [4.78, 5) is 26.2. The number of esters is 2. The topological polar surface area (TPSA) is 182 Å². The molecule has 4 aromatic carbocycles. The zero-order valence-electron chi connectivity index (χ0n) is 46.0. The highest BCUT2D eigenvalue weighted by Crippen LogP contribution is 2.37. The molecule has 0 N–H and O–H groups in total. The maximum Gasteiger partial charge on any atom is 0.338 e. The van der Waals surface area contributed by atoms with Crippen LogP contribution in [0, 0.1) is 5.92 Å². The van der Waals surface area contributed by atoms with Crippen molar-refractivity contribution in [2.75, 3.05) is 69.1 Å². The molecule has 0 saturated carbocycles. The SMILES string of the molecule is COC1C(OC)[C@H](OC)C(COC(C)=O)O[C@H]1O[C@H]1C(C(=O)OCc2ccccc2)O[C@@H](CCCOCCC[C@@H]2C(COCc3ccccc3)O[C@H](OC)C(OCc3ccccc3)C2OCc2ccccc2)C(OC)C1OC. The van der Waals surface area contributed by atoms with Gasteiger partial charge in [0.05, 0.1) is 44.7 Å². The summed E-state index contributed by atoms with van der Waals surface area (Å²) in [5, 5.41) is 0. The Balaban J connectivity index is 1.03. The fourth-order valence-electron chi connectivity index (χ4n) is 10.5. The highest BCUT2D eigenvalue weighted by atomic mass is 16.7. The van der Waals surface area contributed by atoms with Crippen molar-refractivity contribution in [2.45, 2.75) is 145 Å². The lowest BCUT2D eigenvalue weighted by molar-refractivity contribution is -0.348. The predicted octanol–water partition coefficient (Wildman–Crippen LogP) is 7.20. The summed E-state index contributed by atoms with van der Waals surface area (Å²) in [7, 11) is 9.20. The van der Waals surface area contributed by atoms with Crippen LogP contribution in [0.1, 0.15) is 54.9 Å². The van der Waals surface area contributed by atoms with Crippen LogP contribution in [0.25, 0.3) is 0 Å². The molecule has 18 heteroatoms. The van der Waals surface area contributed by atoms with Crippen LogP contribution in [0.15, 0.2) is 121 Å². The molecule has 428 valence electrons. The smallest absolute Gasteiger partial charge is 0.338 e. The van der Waals surface area contributed by atoms with Crippen molar-refractivity contribution in [1.29, 1.82) is 0 Å². The minimum absolute atomic E-state index is 0.00879. The van der Waals surface area contributed by atoms with Gasteiger partial charge in [-0.1, -0.05) is 121 Å². The van der Waals surface area contributed by atoms with Gasteiger partial charge in [-0.05, 0) is 47.9 Å². The zero-order chi connectivity index (χ0) is 55.1. The van der Waals surface area contributed by atoms with Crippen molar-refractivity contribution in [3.8, 4) is 0 Å². The molecular weight excluding hydrogens is 1010 g/mol. The van der Waals surface area contributed by atoms with E-state index in [2.05, 4.69) is 0 Å². The third kappa shape index (κ3) is 17.1. The van der Waals surface area contributed by atoms with Gasteiger partial charge in [0.25, 0.3) is 0 Å². The molecule has 0 aliphatic carbocycles. The highest BCUT2D eigenvalue weighted by molar-refractivity contribution is 5.76. The second kappa shape index (κ2) is 32.5. The maximum absolute atomic E-state index is 14.3. The van der Waals surface area contributed by atoms with Gasteiger partial charge in [0, 0.05) is 68.7 Å². The van der Waals surface area contributed by atoms with Gasteiger partial charge in [-0.15, -0.1) is 0 Å². The summed E-state index contributed by atoms with van der Waals surface area (Å²) >= 11 is 0. The normalized spacial score (nSPS) is 29.2. The van der Waals surface area contributed by atoms with Crippen LogP contribution in [-0.2, 0) is 112 Å². The van der Waals surface area contributed by atoms with Crippen molar-refractivity contribution in [3.05, 3.63) is 144 Å². The van der Waals surface area contributed by atoms with Crippen LogP contribution in [-0.4, -0.2) is 167 Å². The number of carbonyl (C=O) groups is 2. The maximum atomic E-state index is 14.3. The van der Waals surface area contributed by atoms with Gasteiger partial charge in [-0.25, -0.2) is 4.79 Å². The molecule has 3 heterocycles. The molecule has 9 unspecified atom stereocenters. The van der Waals surface area contributed by atoms with Crippen LogP contribution in [0.4, 0.5) is 0 Å². The summed E-state index contributed by atoms with van der Waals surface area (Å²) in [5.74, 6) is -1.33. The number of hydrogen-bond acceptors (Lipinski definition) is 18. The fourth-order valence-corrected chi connectivity index (χ4v) is 10.5. The summed E-state index contributed by atoms with van der Waals surface area (Å²) in [6, 6.07) is 39.5. The van der Waals surface area contributed by atoms with Crippen LogP contribution < -0.4 is 0 Å². The average Bonchev–Trinajstić information content (AvgIpc) is 3.50. The summed E-state index contributed by atoms with van der Waals surface area (Å²) in [6.45, 7) is 3.42. The first-order valence-corrected chi connectivity index (χ1v) is 26.8. The summed E-state index contributed by atoms with van der Waals surface area (Å²) < 4.78 is 99.8. The second-order valence-electron chi connectivity index (χ2n) is 19.5. The lowest BCUT2D eigenvalue weighted by Gasteiger charge is -2.49. The van der Waals surface area contributed by atoms with Gasteiger partial charge < -0.3 is 75.8 Å². The van der Waals surface area contributed by atoms with Gasteiger partial charge >= 0.3 is 11.9 Å². The number of ether oxygens (including phenoxy) is 16. The van der Waals surface area contributed by atoms with E-state index in [1.54, 1.807) is 14.2 Å². The Morgan fingerprint density at radius 1 is 0.423 bits per heavy atom. The van der Waals surface area contributed by atoms with Gasteiger partial charge in [0.1, 0.15) is 62.0 Å². The molecule has 0 aromatic heterocycles. The van der Waals surface area contributed by atoms with E-state index in [-0.39, 0.29) is 25.2 Å². The largest absolute Gasteiger partial charge is 0.463 e. The zero-order valence-corrected chi connectivity index (χ0v) is 46.0. The van der Waals surface area contributed by atoms with E-state index in [1.165, 1.54) is 35.4 Å². The summed E-state index contributed by atoms with van der Waals surface area (Å²) in [6.07, 6.45) is -8.68. The molecule has 18 nitrogen and oxygen atoms in total. The van der Waals surface area contributed by atoms with Crippen molar-refractivity contribution >= 4 is 11.9 Å².